The minimum atomic E-state index is -5.08. The molecule has 0 amide bonds. The number of hydrogen-bond donors (Lipinski definition) is 2. The van der Waals surface area contributed by atoms with E-state index >= 15 is 0 Å². The van der Waals surface area contributed by atoms with E-state index in [1.54, 1.807) is 0 Å². The molecule has 4 heterocycles. The molecular weight excluding hydrogens is 556 g/mol. The van der Waals surface area contributed by atoms with Crippen molar-refractivity contribution in [2.45, 2.75) is 56.3 Å². The molecule has 0 aliphatic carbocycles. The topological polar surface area (TPSA) is 103 Å². The first-order valence-corrected chi connectivity index (χ1v) is 12.6. The Hall–Kier alpha value is -2.75. The summed E-state index contributed by atoms with van der Waals surface area (Å²) in [6, 6.07) is 9.07. The third-order valence-corrected chi connectivity index (χ3v) is 7.04. The number of aromatic nitrogens is 1. The summed E-state index contributed by atoms with van der Waals surface area (Å²) < 4.78 is 69.8. The number of halogens is 6. The lowest BCUT2D eigenvalue weighted by molar-refractivity contribution is -0.193. The molecule has 2 aliphatic heterocycles. The third-order valence-electron chi connectivity index (χ3n) is 6.18. The van der Waals surface area contributed by atoms with Crippen LogP contribution in [0.25, 0.3) is 0 Å². The normalized spacial score (nSPS) is 19.1. The molecule has 2 aromatic rings. The Kier molecular flexibility index (Phi) is 11.7. The number of carbonyl (C=O) groups is 2. The van der Waals surface area contributed by atoms with Crippen molar-refractivity contribution in [3.63, 3.8) is 0 Å². The molecule has 2 fully saturated rings. The van der Waals surface area contributed by atoms with Crippen LogP contribution in [0.2, 0.25) is 0 Å². The molecule has 15 heteroatoms. The third kappa shape index (κ3) is 11.1. The second-order valence-corrected chi connectivity index (χ2v) is 10.1. The number of ether oxygens (including phenoxy) is 1. The average Bonchev–Trinajstić information content (AvgIpc) is 3.51. The van der Waals surface area contributed by atoms with Crippen LogP contribution in [0.1, 0.15) is 29.7 Å². The molecule has 2 aromatic heterocycles. The van der Waals surface area contributed by atoms with Crippen LogP contribution in [0.5, 0.6) is 0 Å². The minimum absolute atomic E-state index is 0.111. The molecule has 2 N–H and O–H groups in total. The van der Waals surface area contributed by atoms with Crippen molar-refractivity contribution >= 4 is 23.3 Å². The standard InChI is InChI=1S/C20H27N3OS.2C2HF3O2/c1-22(14-17-4-2-8-21-13-17)18-12-20(24-16-18)6-9-23(10-7-20)15-19-5-3-11-25-19;2*3-2(4,5)1(6)7/h2-5,8,11,13,18H,6-7,9-10,12,14-16H2,1H3;2*(H,6,7). The first-order chi connectivity index (χ1) is 18.1. The summed E-state index contributed by atoms with van der Waals surface area (Å²) in [7, 11) is 2.21. The molecule has 4 rings (SSSR count). The number of rotatable bonds is 5. The molecule has 1 spiro atoms. The highest BCUT2D eigenvalue weighted by molar-refractivity contribution is 7.09. The quantitative estimate of drug-likeness (QED) is 0.489. The van der Waals surface area contributed by atoms with Gasteiger partial charge in [0.2, 0.25) is 0 Å². The van der Waals surface area contributed by atoms with Gasteiger partial charge in [-0.15, -0.1) is 11.3 Å². The number of pyridine rings is 1. The summed E-state index contributed by atoms with van der Waals surface area (Å²) in [4.78, 5) is 28.5. The van der Waals surface area contributed by atoms with Gasteiger partial charge in [-0.25, -0.2) is 9.59 Å². The highest BCUT2D eigenvalue weighted by atomic mass is 32.1. The number of likely N-dealkylation sites (N-methyl/N-ethyl adjacent to an activating group) is 1. The Morgan fingerprint density at radius 2 is 1.69 bits per heavy atom. The lowest BCUT2D eigenvalue weighted by Crippen LogP contribution is -2.44. The Morgan fingerprint density at radius 3 is 2.15 bits per heavy atom. The molecule has 1 atom stereocenters. The van der Waals surface area contributed by atoms with Gasteiger partial charge >= 0.3 is 24.3 Å². The number of alkyl halides is 6. The predicted molar refractivity (Wildman–Crippen MR) is 129 cm³/mol. The van der Waals surface area contributed by atoms with E-state index < -0.39 is 24.3 Å². The number of nitrogens with zero attached hydrogens (tertiary/aromatic N) is 3. The van der Waals surface area contributed by atoms with Crippen LogP contribution in [-0.2, 0) is 27.4 Å². The van der Waals surface area contributed by atoms with Crippen LogP contribution in [0, 0.1) is 0 Å². The van der Waals surface area contributed by atoms with Crippen LogP contribution >= 0.6 is 11.3 Å². The summed E-state index contributed by atoms with van der Waals surface area (Å²) in [5, 5.41) is 16.4. The molecule has 0 aromatic carbocycles. The average molecular weight is 586 g/mol. The van der Waals surface area contributed by atoms with Gasteiger partial charge in [-0.3, -0.25) is 14.8 Å². The fourth-order valence-electron chi connectivity index (χ4n) is 4.10. The van der Waals surface area contributed by atoms with Crippen molar-refractivity contribution in [2.24, 2.45) is 0 Å². The van der Waals surface area contributed by atoms with Gasteiger partial charge in [0.05, 0.1) is 12.2 Å². The second kappa shape index (κ2) is 14.1. The van der Waals surface area contributed by atoms with Gasteiger partial charge in [0.15, 0.2) is 0 Å². The van der Waals surface area contributed by atoms with Crippen molar-refractivity contribution in [2.75, 3.05) is 26.7 Å². The predicted octanol–water partition coefficient (Wildman–Crippen LogP) is 4.67. The van der Waals surface area contributed by atoms with Crippen LogP contribution in [0.3, 0.4) is 0 Å². The smallest absolute Gasteiger partial charge is 0.475 e. The van der Waals surface area contributed by atoms with Crippen LogP contribution in [-0.4, -0.2) is 87.7 Å². The highest BCUT2D eigenvalue weighted by Gasteiger charge is 2.43. The Bertz CT molecular complexity index is 1010. The van der Waals surface area contributed by atoms with E-state index in [0.717, 1.165) is 52.0 Å². The van der Waals surface area contributed by atoms with E-state index in [1.165, 1.54) is 10.4 Å². The van der Waals surface area contributed by atoms with Crippen molar-refractivity contribution in [3.05, 3.63) is 52.5 Å². The lowest BCUT2D eigenvalue weighted by Gasteiger charge is -2.38. The molecule has 0 radical (unpaired) electrons. The summed E-state index contributed by atoms with van der Waals surface area (Å²) in [5.41, 5.74) is 1.39. The van der Waals surface area contributed by atoms with Gasteiger partial charge in [-0.05, 0) is 49.4 Å². The van der Waals surface area contributed by atoms with E-state index in [0.29, 0.717) is 6.04 Å². The summed E-state index contributed by atoms with van der Waals surface area (Å²) in [6.45, 7) is 5.20. The molecule has 218 valence electrons. The zero-order valence-electron chi connectivity index (χ0n) is 20.9. The first kappa shape index (κ1) is 32.5. The fourth-order valence-corrected chi connectivity index (χ4v) is 4.85. The van der Waals surface area contributed by atoms with Gasteiger partial charge in [0.25, 0.3) is 0 Å². The number of piperidine rings is 1. The van der Waals surface area contributed by atoms with Gasteiger partial charge in [-0.1, -0.05) is 12.1 Å². The van der Waals surface area contributed by atoms with Gasteiger partial charge < -0.3 is 14.9 Å². The maximum atomic E-state index is 10.6. The van der Waals surface area contributed by atoms with Gasteiger partial charge in [-0.2, -0.15) is 26.3 Å². The second-order valence-electron chi connectivity index (χ2n) is 9.09. The summed E-state index contributed by atoms with van der Waals surface area (Å²) in [6.07, 6.45) is -2.88. The summed E-state index contributed by atoms with van der Waals surface area (Å²) >= 11 is 1.86. The number of thiophene rings is 1. The first-order valence-electron chi connectivity index (χ1n) is 11.7. The minimum Gasteiger partial charge on any atom is -0.475 e. The monoisotopic (exact) mass is 585 g/mol. The SMILES string of the molecule is CN(Cc1cccnc1)C1COC2(CCN(Cc3cccs3)CC2)C1.O=C(O)C(F)(F)F.O=C(O)C(F)(F)F. The number of carboxylic acids is 2. The van der Waals surface area contributed by atoms with Crippen LogP contribution in [0.15, 0.2) is 42.0 Å². The van der Waals surface area contributed by atoms with E-state index in [9.17, 15) is 26.3 Å². The number of likely N-dealkylation sites (tertiary alicyclic amines) is 1. The Morgan fingerprint density at radius 1 is 1.10 bits per heavy atom. The van der Waals surface area contributed by atoms with Gasteiger partial charge in [0, 0.05) is 49.5 Å². The maximum absolute atomic E-state index is 10.6. The Balaban J connectivity index is 0.000000317. The van der Waals surface area contributed by atoms with Crippen molar-refractivity contribution in [3.8, 4) is 0 Å². The molecule has 0 saturated carbocycles. The zero-order chi connectivity index (χ0) is 29.3. The maximum Gasteiger partial charge on any atom is 0.490 e. The van der Waals surface area contributed by atoms with E-state index in [1.807, 2.05) is 29.8 Å². The molecule has 0 bridgehead atoms. The Labute approximate surface area is 224 Å². The van der Waals surface area contributed by atoms with Crippen LogP contribution < -0.4 is 0 Å². The van der Waals surface area contributed by atoms with Crippen molar-refractivity contribution in [1.29, 1.82) is 0 Å². The largest absolute Gasteiger partial charge is 0.490 e. The molecule has 39 heavy (non-hydrogen) atoms. The molecule has 2 aliphatic rings. The molecular formula is C24H29F6N3O5S. The van der Waals surface area contributed by atoms with E-state index in [2.05, 4.69) is 45.4 Å². The number of carboxylic acid groups (broad SMARTS) is 2. The van der Waals surface area contributed by atoms with Crippen LogP contribution in [0.4, 0.5) is 26.3 Å². The number of aliphatic carboxylic acids is 2. The molecule has 1 unspecified atom stereocenters. The highest BCUT2D eigenvalue weighted by Crippen LogP contribution is 2.38. The number of hydrogen-bond acceptors (Lipinski definition) is 7. The zero-order valence-corrected chi connectivity index (χ0v) is 21.7. The lowest BCUT2D eigenvalue weighted by atomic mass is 9.87. The summed E-state index contributed by atoms with van der Waals surface area (Å²) in [5.74, 6) is -5.51. The van der Waals surface area contributed by atoms with Crippen molar-refractivity contribution in [1.82, 2.24) is 14.8 Å². The van der Waals surface area contributed by atoms with Crippen molar-refractivity contribution < 1.29 is 50.9 Å². The fraction of sp³-hybridized carbons (Fsp3) is 0.542. The van der Waals surface area contributed by atoms with E-state index in [-0.39, 0.29) is 5.60 Å². The van der Waals surface area contributed by atoms with Gasteiger partial charge in [0.1, 0.15) is 0 Å². The molecule has 2 saturated heterocycles. The molecule has 8 nitrogen and oxygen atoms in total. The van der Waals surface area contributed by atoms with E-state index in [4.69, 9.17) is 24.5 Å².